The Morgan fingerprint density at radius 1 is 1.28 bits per heavy atom. The molecule has 0 unspecified atom stereocenters. The molecular formula is C21H33IN6O. The van der Waals surface area contributed by atoms with Crippen molar-refractivity contribution >= 4 is 29.9 Å². The first-order chi connectivity index (χ1) is 13.5. The maximum atomic E-state index is 6.06. The predicted molar refractivity (Wildman–Crippen MR) is 127 cm³/mol. The number of halogens is 1. The van der Waals surface area contributed by atoms with E-state index >= 15 is 0 Å². The van der Waals surface area contributed by atoms with E-state index in [1.54, 1.807) is 6.33 Å². The summed E-state index contributed by atoms with van der Waals surface area (Å²) in [5, 5.41) is 10.4. The average Bonchev–Trinajstić information content (AvgIpc) is 3.23. The summed E-state index contributed by atoms with van der Waals surface area (Å²) in [6.45, 7) is 9.85. The number of piperidine rings is 1. The molecule has 0 spiro atoms. The summed E-state index contributed by atoms with van der Waals surface area (Å²) in [5.41, 5.74) is 1.29. The molecule has 7 nitrogen and oxygen atoms in total. The molecule has 0 saturated carbocycles. The van der Waals surface area contributed by atoms with Crippen LogP contribution in [-0.4, -0.2) is 59.3 Å². The molecule has 1 fully saturated rings. The van der Waals surface area contributed by atoms with Crippen molar-refractivity contribution in [2.75, 3.05) is 33.3 Å². The van der Waals surface area contributed by atoms with Gasteiger partial charge < -0.3 is 15.0 Å². The fourth-order valence-electron chi connectivity index (χ4n) is 3.64. The Bertz CT molecular complexity index is 764. The Labute approximate surface area is 190 Å². The maximum absolute atomic E-state index is 6.06. The Morgan fingerprint density at radius 3 is 2.62 bits per heavy atom. The second-order valence-corrected chi connectivity index (χ2v) is 8.20. The lowest BCUT2D eigenvalue weighted by Gasteiger charge is -2.33. The van der Waals surface area contributed by atoms with Crippen LogP contribution in [0.15, 0.2) is 35.6 Å². The summed E-state index contributed by atoms with van der Waals surface area (Å²) in [6.07, 6.45) is 3.68. The summed E-state index contributed by atoms with van der Waals surface area (Å²) >= 11 is 0. The van der Waals surface area contributed by atoms with Gasteiger partial charge in [0.1, 0.15) is 24.5 Å². The monoisotopic (exact) mass is 512 g/mol. The number of nitrogens with one attached hydrogen (secondary N) is 2. The quantitative estimate of drug-likeness (QED) is 0.277. The number of aromatic nitrogens is 3. The summed E-state index contributed by atoms with van der Waals surface area (Å²) in [4.78, 5) is 11.0. The highest BCUT2D eigenvalue weighted by molar-refractivity contribution is 14.0. The van der Waals surface area contributed by atoms with Gasteiger partial charge in [-0.1, -0.05) is 39.0 Å². The summed E-state index contributed by atoms with van der Waals surface area (Å²) in [5.74, 6) is 3.34. The number of nitrogens with zero attached hydrogens (tertiary/aromatic N) is 4. The molecule has 1 saturated heterocycles. The van der Waals surface area contributed by atoms with E-state index in [1.807, 2.05) is 19.2 Å². The first kappa shape index (κ1) is 23.4. The number of benzene rings is 1. The van der Waals surface area contributed by atoms with Crippen LogP contribution in [0.1, 0.15) is 50.9 Å². The first-order valence-electron chi connectivity index (χ1n) is 10.0. The molecule has 1 aliphatic heterocycles. The van der Waals surface area contributed by atoms with Crippen LogP contribution in [0, 0.1) is 0 Å². The molecule has 0 atom stereocenters. The molecule has 0 amide bonds. The Morgan fingerprint density at radius 2 is 2.00 bits per heavy atom. The van der Waals surface area contributed by atoms with Gasteiger partial charge in [0.05, 0.1) is 6.54 Å². The molecule has 3 rings (SSSR count). The smallest absolute Gasteiger partial charge is 0.193 e. The molecule has 1 aromatic carbocycles. The van der Waals surface area contributed by atoms with Gasteiger partial charge >= 0.3 is 0 Å². The number of rotatable bonds is 5. The first-order valence-corrected chi connectivity index (χ1v) is 10.0. The third-order valence-corrected chi connectivity index (χ3v) is 5.16. The van der Waals surface area contributed by atoms with Crippen LogP contribution in [0.5, 0.6) is 5.75 Å². The zero-order valence-electron chi connectivity index (χ0n) is 17.8. The van der Waals surface area contributed by atoms with Crippen molar-refractivity contribution in [1.82, 2.24) is 25.4 Å². The van der Waals surface area contributed by atoms with E-state index in [1.165, 1.54) is 5.56 Å². The van der Waals surface area contributed by atoms with Gasteiger partial charge in [-0.05, 0) is 29.9 Å². The van der Waals surface area contributed by atoms with Gasteiger partial charge in [0, 0.05) is 26.1 Å². The van der Waals surface area contributed by atoms with Gasteiger partial charge in [0.15, 0.2) is 5.96 Å². The Balaban J connectivity index is 0.00000300. The van der Waals surface area contributed by atoms with Crippen molar-refractivity contribution in [3.8, 4) is 5.75 Å². The molecule has 29 heavy (non-hydrogen) atoms. The summed E-state index contributed by atoms with van der Waals surface area (Å²) in [6, 6.07) is 8.27. The molecule has 0 aliphatic carbocycles. The number of hydrogen-bond donors (Lipinski definition) is 2. The molecule has 160 valence electrons. The van der Waals surface area contributed by atoms with E-state index in [-0.39, 0.29) is 29.4 Å². The maximum Gasteiger partial charge on any atom is 0.193 e. The highest BCUT2D eigenvalue weighted by atomic mass is 127. The highest BCUT2D eigenvalue weighted by Crippen LogP contribution is 2.30. The van der Waals surface area contributed by atoms with Crippen LogP contribution < -0.4 is 10.1 Å². The van der Waals surface area contributed by atoms with Crippen LogP contribution in [-0.2, 0) is 5.41 Å². The van der Waals surface area contributed by atoms with Gasteiger partial charge in [0.25, 0.3) is 0 Å². The fourth-order valence-corrected chi connectivity index (χ4v) is 3.64. The van der Waals surface area contributed by atoms with E-state index in [0.29, 0.717) is 19.1 Å². The SMILES string of the molecule is CN=C(NCCOc1ccccc1C(C)(C)C)N1CCC(c2ncn[nH]2)CC1.I. The number of para-hydroxylation sites is 1. The lowest BCUT2D eigenvalue weighted by Crippen LogP contribution is -2.46. The zero-order valence-corrected chi connectivity index (χ0v) is 20.1. The number of aromatic amines is 1. The molecule has 0 radical (unpaired) electrons. The van der Waals surface area contributed by atoms with E-state index in [2.05, 4.69) is 63.3 Å². The third-order valence-electron chi connectivity index (χ3n) is 5.16. The average molecular weight is 512 g/mol. The van der Waals surface area contributed by atoms with E-state index in [0.717, 1.165) is 43.5 Å². The second kappa shape index (κ2) is 10.8. The molecule has 1 aromatic heterocycles. The molecular weight excluding hydrogens is 479 g/mol. The standard InChI is InChI=1S/C21H32N6O.HI/c1-21(2,3)17-7-5-6-8-18(17)28-14-11-23-20(22-4)27-12-9-16(10-13-27)19-24-15-25-26-19;/h5-8,15-16H,9-14H2,1-4H3,(H,22,23)(H,24,25,26);1H. The van der Waals surface area contributed by atoms with Gasteiger partial charge in [0.2, 0.25) is 0 Å². The number of guanidine groups is 1. The molecule has 0 bridgehead atoms. The molecule has 2 N–H and O–H groups in total. The van der Waals surface area contributed by atoms with E-state index in [4.69, 9.17) is 4.74 Å². The van der Waals surface area contributed by atoms with Gasteiger partial charge in [-0.3, -0.25) is 10.1 Å². The number of likely N-dealkylation sites (tertiary alicyclic amines) is 1. The van der Waals surface area contributed by atoms with Gasteiger partial charge in [-0.15, -0.1) is 24.0 Å². The van der Waals surface area contributed by atoms with E-state index < -0.39 is 0 Å². The van der Waals surface area contributed by atoms with Crippen LogP contribution in [0.4, 0.5) is 0 Å². The van der Waals surface area contributed by atoms with Gasteiger partial charge in [-0.25, -0.2) is 4.98 Å². The van der Waals surface area contributed by atoms with E-state index in [9.17, 15) is 0 Å². The van der Waals surface area contributed by atoms with Crippen molar-refractivity contribution in [1.29, 1.82) is 0 Å². The van der Waals surface area contributed by atoms with Crippen molar-refractivity contribution in [2.45, 2.75) is 44.9 Å². The fraction of sp³-hybridized carbons (Fsp3) is 0.571. The minimum absolute atomic E-state index is 0. The summed E-state index contributed by atoms with van der Waals surface area (Å²) in [7, 11) is 1.83. The van der Waals surface area contributed by atoms with Crippen LogP contribution in [0.2, 0.25) is 0 Å². The van der Waals surface area contributed by atoms with Crippen LogP contribution >= 0.6 is 24.0 Å². The largest absolute Gasteiger partial charge is 0.491 e. The van der Waals surface area contributed by atoms with Gasteiger partial charge in [-0.2, -0.15) is 5.10 Å². The minimum Gasteiger partial charge on any atom is -0.491 e. The molecule has 2 aromatic rings. The normalized spacial score (nSPS) is 15.7. The topological polar surface area (TPSA) is 78.4 Å². The Hall–Kier alpha value is -1.84. The number of hydrogen-bond acceptors (Lipinski definition) is 4. The number of aliphatic imine (C=N–C) groups is 1. The highest BCUT2D eigenvalue weighted by Gasteiger charge is 2.24. The lowest BCUT2D eigenvalue weighted by molar-refractivity contribution is 0.288. The van der Waals surface area contributed by atoms with Crippen LogP contribution in [0.3, 0.4) is 0 Å². The van der Waals surface area contributed by atoms with Crippen molar-refractivity contribution in [3.05, 3.63) is 42.0 Å². The van der Waals surface area contributed by atoms with Crippen molar-refractivity contribution in [3.63, 3.8) is 0 Å². The molecule has 8 heteroatoms. The summed E-state index contributed by atoms with van der Waals surface area (Å²) < 4.78 is 6.06. The lowest BCUT2D eigenvalue weighted by atomic mass is 9.86. The third kappa shape index (κ3) is 6.32. The molecule has 2 heterocycles. The number of ether oxygens (including phenoxy) is 1. The predicted octanol–water partition coefficient (Wildman–Crippen LogP) is 3.55. The van der Waals surface area contributed by atoms with Crippen molar-refractivity contribution < 1.29 is 4.74 Å². The minimum atomic E-state index is 0. The van der Waals surface area contributed by atoms with Crippen LogP contribution in [0.25, 0.3) is 0 Å². The zero-order chi connectivity index (χ0) is 20.0. The molecule has 1 aliphatic rings. The number of H-pyrrole nitrogens is 1. The second-order valence-electron chi connectivity index (χ2n) is 8.20. The Kier molecular flexibility index (Phi) is 8.73. The van der Waals surface area contributed by atoms with Crippen molar-refractivity contribution in [2.24, 2.45) is 4.99 Å².